The van der Waals surface area contributed by atoms with Crippen LogP contribution in [0.25, 0.3) is 0 Å². The minimum absolute atomic E-state index is 0.0503. The number of rotatable bonds is 2. The lowest BCUT2D eigenvalue weighted by Gasteiger charge is -2.31. The second-order valence-corrected chi connectivity index (χ2v) is 13.4. The molecule has 0 aliphatic heterocycles. The predicted molar refractivity (Wildman–Crippen MR) is 138 cm³/mol. The fourth-order valence-electron chi connectivity index (χ4n) is 4.00. The molecule has 0 spiro atoms. The first-order chi connectivity index (χ1) is 14.6. The van der Waals surface area contributed by atoms with Crippen LogP contribution in [-0.2, 0) is 15.6 Å². The molecular weight excluding hydrogens is 408 g/mol. The molecular formula is C30H42O3. The maximum absolute atomic E-state index is 13.5. The van der Waals surface area contributed by atoms with Gasteiger partial charge in [-0.1, -0.05) is 83.1 Å². The van der Waals surface area contributed by atoms with Gasteiger partial charge in [-0.3, -0.25) is 9.59 Å². The van der Waals surface area contributed by atoms with Crippen molar-refractivity contribution in [2.75, 3.05) is 0 Å². The topological polar surface area (TPSA) is 54.4 Å². The van der Waals surface area contributed by atoms with Crippen LogP contribution in [0, 0.1) is 10.8 Å². The van der Waals surface area contributed by atoms with Crippen LogP contribution in [0.2, 0.25) is 0 Å². The van der Waals surface area contributed by atoms with E-state index >= 15 is 0 Å². The van der Waals surface area contributed by atoms with Crippen molar-refractivity contribution in [1.29, 1.82) is 0 Å². The zero-order valence-electron chi connectivity index (χ0n) is 22.7. The van der Waals surface area contributed by atoms with Crippen LogP contribution >= 0.6 is 0 Å². The third-order valence-electron chi connectivity index (χ3n) is 6.04. The average Bonchev–Trinajstić information content (AvgIpc) is 2.59. The monoisotopic (exact) mass is 450 g/mol. The molecule has 1 N–H and O–H groups in total. The Morgan fingerprint density at radius 1 is 0.697 bits per heavy atom. The Labute approximate surface area is 200 Å². The molecule has 3 nitrogen and oxygen atoms in total. The molecule has 0 atom stereocenters. The maximum Gasteiger partial charge on any atom is 0.186 e. The molecule has 0 heterocycles. The third-order valence-corrected chi connectivity index (χ3v) is 6.04. The van der Waals surface area contributed by atoms with E-state index in [4.69, 9.17) is 0 Å². The Bertz CT molecular complexity index is 992. The standard InChI is InChI=1S/C30H42O3/c1-27(2,3)20-13-18(14-21(25(20)32)28(4,5)6)15-24(31)19-16-22(29(7,8)9)26(33)23(17-19)30(10,11)12/h13-17,33H,1-12H3. The van der Waals surface area contributed by atoms with Gasteiger partial charge in [-0.2, -0.15) is 0 Å². The molecule has 0 bridgehead atoms. The van der Waals surface area contributed by atoms with E-state index in [2.05, 4.69) is 0 Å². The molecule has 33 heavy (non-hydrogen) atoms. The van der Waals surface area contributed by atoms with Crippen molar-refractivity contribution in [3.63, 3.8) is 0 Å². The summed E-state index contributed by atoms with van der Waals surface area (Å²) in [6.07, 6.45) is 5.33. The van der Waals surface area contributed by atoms with Crippen molar-refractivity contribution in [2.45, 2.75) is 93.9 Å². The van der Waals surface area contributed by atoms with Gasteiger partial charge in [-0.15, -0.1) is 0 Å². The average molecular weight is 451 g/mol. The number of phenols is 1. The molecule has 0 aromatic heterocycles. The van der Waals surface area contributed by atoms with E-state index in [0.717, 1.165) is 16.7 Å². The first-order valence-electron chi connectivity index (χ1n) is 11.8. The minimum atomic E-state index is -0.332. The summed E-state index contributed by atoms with van der Waals surface area (Å²) in [5.41, 5.74) is 2.92. The summed E-state index contributed by atoms with van der Waals surface area (Å²) in [5, 5.41) is 11.0. The number of carbonyl (C=O) groups excluding carboxylic acids is 2. The number of aromatic hydroxyl groups is 1. The van der Waals surface area contributed by atoms with Gasteiger partial charge in [0.25, 0.3) is 0 Å². The molecule has 0 unspecified atom stereocenters. The van der Waals surface area contributed by atoms with Gasteiger partial charge in [-0.25, -0.2) is 0 Å². The quantitative estimate of drug-likeness (QED) is 0.372. The molecule has 180 valence electrons. The molecule has 0 saturated heterocycles. The summed E-state index contributed by atoms with van der Waals surface area (Å²) < 4.78 is 0. The predicted octanol–water partition coefficient (Wildman–Crippen LogP) is 7.62. The Hall–Kier alpha value is -2.42. The summed E-state index contributed by atoms with van der Waals surface area (Å²) >= 11 is 0. The molecule has 1 aliphatic rings. The third kappa shape index (κ3) is 5.93. The van der Waals surface area contributed by atoms with Gasteiger partial charge in [0.15, 0.2) is 11.6 Å². The van der Waals surface area contributed by atoms with Crippen molar-refractivity contribution >= 4 is 11.6 Å². The zero-order chi connectivity index (χ0) is 25.7. The number of carbonyl (C=O) groups is 2. The Morgan fingerprint density at radius 2 is 1.06 bits per heavy atom. The van der Waals surface area contributed by atoms with Crippen molar-refractivity contribution in [3.8, 4) is 5.75 Å². The Balaban J connectivity index is 2.72. The van der Waals surface area contributed by atoms with Gasteiger partial charge in [0.05, 0.1) is 0 Å². The van der Waals surface area contributed by atoms with E-state index in [-0.39, 0.29) is 39.0 Å². The van der Waals surface area contributed by atoms with Crippen LogP contribution in [-0.4, -0.2) is 16.7 Å². The van der Waals surface area contributed by atoms with E-state index in [1.165, 1.54) is 0 Å². The molecule has 0 saturated carbocycles. The molecule has 1 aromatic rings. The Kier molecular flexibility index (Phi) is 6.84. The molecule has 1 aliphatic carbocycles. The van der Waals surface area contributed by atoms with Crippen LogP contribution in [0.15, 0.2) is 47.1 Å². The summed E-state index contributed by atoms with van der Waals surface area (Å²) in [6.45, 7) is 24.3. The first kappa shape index (κ1) is 26.8. The van der Waals surface area contributed by atoms with E-state index < -0.39 is 0 Å². The highest BCUT2D eigenvalue weighted by molar-refractivity contribution is 6.13. The summed E-state index contributed by atoms with van der Waals surface area (Å²) in [6, 6.07) is 3.61. The lowest BCUT2D eigenvalue weighted by atomic mass is 9.71. The van der Waals surface area contributed by atoms with Gasteiger partial charge in [0, 0.05) is 27.8 Å². The van der Waals surface area contributed by atoms with Crippen molar-refractivity contribution < 1.29 is 14.7 Å². The van der Waals surface area contributed by atoms with Crippen molar-refractivity contribution in [1.82, 2.24) is 0 Å². The fourth-order valence-corrected chi connectivity index (χ4v) is 4.00. The number of allylic oxidation sites excluding steroid dienone is 6. The van der Waals surface area contributed by atoms with E-state index in [1.54, 1.807) is 18.2 Å². The van der Waals surface area contributed by atoms with Crippen molar-refractivity contribution in [3.05, 3.63) is 63.8 Å². The molecule has 0 fully saturated rings. The molecule has 2 rings (SSSR count). The van der Waals surface area contributed by atoms with Crippen LogP contribution in [0.3, 0.4) is 0 Å². The number of hydrogen-bond acceptors (Lipinski definition) is 3. The maximum atomic E-state index is 13.5. The normalized spacial score (nSPS) is 15.9. The van der Waals surface area contributed by atoms with Crippen molar-refractivity contribution in [2.24, 2.45) is 10.8 Å². The summed E-state index contributed by atoms with van der Waals surface area (Å²) in [5.74, 6) is 0.172. The summed E-state index contributed by atoms with van der Waals surface area (Å²) in [7, 11) is 0. The molecule has 3 heteroatoms. The lowest BCUT2D eigenvalue weighted by molar-refractivity contribution is -0.114. The first-order valence-corrected chi connectivity index (χ1v) is 11.8. The summed E-state index contributed by atoms with van der Waals surface area (Å²) in [4.78, 5) is 26.7. The number of hydrogen-bond donors (Lipinski definition) is 1. The second kappa shape index (κ2) is 8.42. The van der Waals surface area contributed by atoms with Gasteiger partial charge in [-0.05, 0) is 57.6 Å². The van der Waals surface area contributed by atoms with Gasteiger partial charge < -0.3 is 5.11 Å². The Morgan fingerprint density at radius 3 is 1.36 bits per heavy atom. The molecule has 1 aromatic carbocycles. The largest absolute Gasteiger partial charge is 0.507 e. The lowest BCUT2D eigenvalue weighted by Crippen LogP contribution is -2.28. The fraction of sp³-hybridized carbons (Fsp3) is 0.533. The number of ketones is 2. The highest BCUT2D eigenvalue weighted by Crippen LogP contribution is 2.41. The number of benzene rings is 1. The molecule has 0 amide bonds. The SMILES string of the molecule is CC(C)(C)C1=CC(=CC(=O)c2cc(C(C)(C)C)c(O)c(C(C)(C)C)c2)C=C(C(C)(C)C)C1=O. The van der Waals surface area contributed by atoms with Gasteiger partial charge in [0.2, 0.25) is 0 Å². The van der Waals surface area contributed by atoms with E-state index in [0.29, 0.717) is 16.7 Å². The second-order valence-electron chi connectivity index (χ2n) is 13.4. The molecule has 0 radical (unpaired) electrons. The number of phenolic OH excluding ortho intramolecular Hbond substituents is 1. The van der Waals surface area contributed by atoms with Crippen LogP contribution < -0.4 is 0 Å². The van der Waals surface area contributed by atoms with E-state index in [9.17, 15) is 14.7 Å². The van der Waals surface area contributed by atoms with Crippen LogP contribution in [0.1, 0.15) is 105 Å². The van der Waals surface area contributed by atoms with Gasteiger partial charge >= 0.3 is 0 Å². The highest BCUT2D eigenvalue weighted by Gasteiger charge is 2.34. The number of Topliss-reactive ketones (excluding diaryl/α,β-unsaturated/α-hetero) is 1. The van der Waals surface area contributed by atoms with Crippen LogP contribution in [0.5, 0.6) is 5.75 Å². The highest BCUT2D eigenvalue weighted by atomic mass is 16.3. The van der Waals surface area contributed by atoms with E-state index in [1.807, 2.05) is 95.2 Å². The zero-order valence-corrected chi connectivity index (χ0v) is 22.7. The minimum Gasteiger partial charge on any atom is -0.507 e. The smallest absolute Gasteiger partial charge is 0.186 e. The van der Waals surface area contributed by atoms with Gasteiger partial charge in [0.1, 0.15) is 5.75 Å². The van der Waals surface area contributed by atoms with Crippen LogP contribution in [0.4, 0.5) is 0 Å².